The first-order valence-electron chi connectivity index (χ1n) is 5.07. The Labute approximate surface area is 87.1 Å². The summed E-state index contributed by atoms with van der Waals surface area (Å²) >= 11 is 0. The Bertz CT molecular complexity index is 494. The Kier molecular flexibility index (Phi) is 1.86. The molecular formula is C12H11NO2. The highest BCUT2D eigenvalue weighted by atomic mass is 16.3. The van der Waals surface area contributed by atoms with Gasteiger partial charge in [-0.25, -0.2) is 4.98 Å². The van der Waals surface area contributed by atoms with Gasteiger partial charge in [-0.2, -0.15) is 0 Å². The maximum absolute atomic E-state index is 9.39. The van der Waals surface area contributed by atoms with Gasteiger partial charge in [-0.15, -0.1) is 0 Å². The molecule has 1 aliphatic carbocycles. The third-order valence-electron chi connectivity index (χ3n) is 2.67. The molecule has 2 aromatic rings. The van der Waals surface area contributed by atoms with E-state index in [1.54, 1.807) is 0 Å². The molecule has 3 nitrogen and oxygen atoms in total. The first kappa shape index (κ1) is 8.68. The van der Waals surface area contributed by atoms with E-state index in [-0.39, 0.29) is 6.10 Å². The summed E-state index contributed by atoms with van der Waals surface area (Å²) in [5.74, 6) is 0.646. The number of benzene rings is 1. The Morgan fingerprint density at radius 1 is 1.33 bits per heavy atom. The number of allylic oxidation sites excluding steroid dienone is 1. The fourth-order valence-corrected chi connectivity index (χ4v) is 1.89. The molecule has 3 rings (SSSR count). The number of aromatic nitrogens is 1. The summed E-state index contributed by atoms with van der Waals surface area (Å²) in [5.41, 5.74) is 2.68. The largest absolute Gasteiger partial charge is 0.436 e. The summed E-state index contributed by atoms with van der Waals surface area (Å²) in [4.78, 5) is 4.38. The standard InChI is InChI=1S/C12H11NO2/c14-9-6-5-8(7-9)12-13-10-3-1-2-4-11(10)15-12/h1-4,7,9,14H,5-6H2/t9-/m0/s1. The van der Waals surface area contributed by atoms with Gasteiger partial charge in [-0.05, 0) is 31.1 Å². The van der Waals surface area contributed by atoms with Crippen LogP contribution in [-0.4, -0.2) is 16.2 Å². The SMILES string of the molecule is O[C@@H]1C=C(c2nc3ccccc3o2)CC1. The molecule has 1 atom stereocenters. The van der Waals surface area contributed by atoms with E-state index < -0.39 is 0 Å². The smallest absolute Gasteiger partial charge is 0.222 e. The van der Waals surface area contributed by atoms with E-state index in [1.165, 1.54) is 0 Å². The normalized spacial score (nSPS) is 20.9. The van der Waals surface area contributed by atoms with E-state index in [2.05, 4.69) is 4.98 Å². The van der Waals surface area contributed by atoms with Gasteiger partial charge >= 0.3 is 0 Å². The molecule has 1 N–H and O–H groups in total. The highest BCUT2D eigenvalue weighted by Gasteiger charge is 2.18. The zero-order valence-corrected chi connectivity index (χ0v) is 8.18. The molecule has 0 saturated carbocycles. The lowest BCUT2D eigenvalue weighted by Crippen LogP contribution is -1.93. The van der Waals surface area contributed by atoms with Crippen molar-refractivity contribution in [2.45, 2.75) is 18.9 Å². The maximum atomic E-state index is 9.39. The second-order valence-corrected chi connectivity index (χ2v) is 3.78. The average Bonchev–Trinajstić information content (AvgIpc) is 2.82. The molecule has 0 fully saturated rings. The molecule has 1 aliphatic rings. The van der Waals surface area contributed by atoms with E-state index in [9.17, 15) is 5.11 Å². The van der Waals surface area contributed by atoms with Gasteiger partial charge in [0, 0.05) is 5.57 Å². The van der Waals surface area contributed by atoms with Crippen LogP contribution >= 0.6 is 0 Å². The quantitative estimate of drug-likeness (QED) is 0.770. The van der Waals surface area contributed by atoms with Gasteiger partial charge < -0.3 is 9.52 Å². The van der Waals surface area contributed by atoms with Crippen LogP contribution in [0.2, 0.25) is 0 Å². The number of hydrogen-bond donors (Lipinski definition) is 1. The van der Waals surface area contributed by atoms with Crippen LogP contribution < -0.4 is 0 Å². The van der Waals surface area contributed by atoms with Crippen molar-refractivity contribution in [3.05, 3.63) is 36.2 Å². The predicted molar refractivity (Wildman–Crippen MR) is 57.2 cm³/mol. The molecule has 1 aromatic heterocycles. The maximum Gasteiger partial charge on any atom is 0.222 e. The van der Waals surface area contributed by atoms with Crippen LogP contribution in [0.1, 0.15) is 18.7 Å². The van der Waals surface area contributed by atoms with Crippen LogP contribution in [0.4, 0.5) is 0 Å². The molecule has 3 heteroatoms. The minimum atomic E-state index is -0.338. The van der Waals surface area contributed by atoms with Gasteiger partial charge in [0.25, 0.3) is 0 Å². The van der Waals surface area contributed by atoms with Crippen molar-refractivity contribution in [2.24, 2.45) is 0 Å². The lowest BCUT2D eigenvalue weighted by molar-refractivity contribution is 0.223. The molecule has 0 amide bonds. The van der Waals surface area contributed by atoms with Gasteiger partial charge in [0.2, 0.25) is 5.89 Å². The zero-order chi connectivity index (χ0) is 10.3. The van der Waals surface area contributed by atoms with Crippen molar-refractivity contribution < 1.29 is 9.52 Å². The summed E-state index contributed by atoms with van der Waals surface area (Å²) < 4.78 is 5.61. The number of nitrogens with zero attached hydrogens (tertiary/aromatic N) is 1. The number of fused-ring (bicyclic) bond motifs is 1. The lowest BCUT2D eigenvalue weighted by Gasteiger charge is -1.91. The van der Waals surface area contributed by atoms with Crippen molar-refractivity contribution in [2.75, 3.05) is 0 Å². The molecular weight excluding hydrogens is 190 g/mol. The minimum Gasteiger partial charge on any atom is -0.436 e. The summed E-state index contributed by atoms with van der Waals surface area (Å²) in [6.07, 6.45) is 3.10. The van der Waals surface area contributed by atoms with E-state index >= 15 is 0 Å². The van der Waals surface area contributed by atoms with E-state index in [0.29, 0.717) is 5.89 Å². The number of aliphatic hydroxyl groups is 1. The van der Waals surface area contributed by atoms with Crippen LogP contribution in [0.3, 0.4) is 0 Å². The van der Waals surface area contributed by atoms with Crippen LogP contribution in [-0.2, 0) is 0 Å². The van der Waals surface area contributed by atoms with Crippen molar-refractivity contribution in [3.63, 3.8) is 0 Å². The van der Waals surface area contributed by atoms with E-state index in [4.69, 9.17) is 4.42 Å². The Morgan fingerprint density at radius 3 is 2.93 bits per heavy atom. The fraction of sp³-hybridized carbons (Fsp3) is 0.250. The highest BCUT2D eigenvalue weighted by molar-refractivity contribution is 5.76. The van der Waals surface area contributed by atoms with E-state index in [1.807, 2.05) is 30.3 Å². The Balaban J connectivity index is 2.09. The van der Waals surface area contributed by atoms with Gasteiger partial charge in [0.05, 0.1) is 6.10 Å². The summed E-state index contributed by atoms with van der Waals surface area (Å²) in [6.45, 7) is 0. The van der Waals surface area contributed by atoms with Crippen LogP contribution in [0, 0.1) is 0 Å². The first-order valence-corrected chi connectivity index (χ1v) is 5.07. The fourth-order valence-electron chi connectivity index (χ4n) is 1.89. The van der Waals surface area contributed by atoms with Crippen LogP contribution in [0.5, 0.6) is 0 Å². The molecule has 0 saturated heterocycles. The second kappa shape index (κ2) is 3.21. The van der Waals surface area contributed by atoms with Crippen molar-refractivity contribution in [3.8, 4) is 0 Å². The number of aliphatic hydroxyl groups excluding tert-OH is 1. The average molecular weight is 201 g/mol. The molecule has 15 heavy (non-hydrogen) atoms. The molecule has 0 bridgehead atoms. The van der Waals surface area contributed by atoms with Crippen molar-refractivity contribution >= 4 is 16.7 Å². The third kappa shape index (κ3) is 1.45. The second-order valence-electron chi connectivity index (χ2n) is 3.78. The van der Waals surface area contributed by atoms with Crippen LogP contribution in [0.15, 0.2) is 34.8 Å². The molecule has 0 aliphatic heterocycles. The van der Waals surface area contributed by atoms with Gasteiger partial charge in [0.15, 0.2) is 5.58 Å². The van der Waals surface area contributed by atoms with Gasteiger partial charge in [0.1, 0.15) is 5.52 Å². The molecule has 76 valence electrons. The number of para-hydroxylation sites is 2. The molecule has 0 radical (unpaired) electrons. The summed E-state index contributed by atoms with van der Waals surface area (Å²) in [6, 6.07) is 7.69. The van der Waals surface area contributed by atoms with Crippen molar-refractivity contribution in [1.82, 2.24) is 4.98 Å². The monoisotopic (exact) mass is 201 g/mol. The predicted octanol–water partition coefficient (Wildman–Crippen LogP) is 2.37. The number of oxazole rings is 1. The molecule has 1 aromatic carbocycles. The lowest BCUT2D eigenvalue weighted by atomic mass is 10.2. The molecule has 0 spiro atoms. The number of hydrogen-bond acceptors (Lipinski definition) is 3. The molecule has 1 heterocycles. The van der Waals surface area contributed by atoms with Crippen molar-refractivity contribution in [1.29, 1.82) is 0 Å². The Hall–Kier alpha value is -1.61. The topological polar surface area (TPSA) is 46.3 Å². The van der Waals surface area contributed by atoms with Crippen LogP contribution in [0.25, 0.3) is 16.7 Å². The third-order valence-corrected chi connectivity index (χ3v) is 2.67. The minimum absolute atomic E-state index is 0.338. The van der Waals surface area contributed by atoms with Gasteiger partial charge in [-0.1, -0.05) is 12.1 Å². The molecule has 0 unspecified atom stereocenters. The Morgan fingerprint density at radius 2 is 2.20 bits per heavy atom. The van der Waals surface area contributed by atoms with Gasteiger partial charge in [-0.3, -0.25) is 0 Å². The number of rotatable bonds is 1. The highest BCUT2D eigenvalue weighted by Crippen LogP contribution is 2.29. The zero-order valence-electron chi connectivity index (χ0n) is 8.18. The first-order chi connectivity index (χ1) is 7.33. The summed E-state index contributed by atoms with van der Waals surface area (Å²) in [7, 11) is 0. The van der Waals surface area contributed by atoms with E-state index in [0.717, 1.165) is 29.5 Å². The summed E-state index contributed by atoms with van der Waals surface area (Å²) in [5, 5.41) is 9.39.